The van der Waals surface area contributed by atoms with Crippen molar-refractivity contribution in [1.29, 1.82) is 0 Å². The van der Waals surface area contributed by atoms with Crippen LogP contribution in [-0.2, 0) is 4.74 Å². The first-order chi connectivity index (χ1) is 9.22. The Hall–Kier alpha value is -1.35. The van der Waals surface area contributed by atoms with Gasteiger partial charge in [-0.2, -0.15) is 0 Å². The van der Waals surface area contributed by atoms with Crippen molar-refractivity contribution in [3.63, 3.8) is 0 Å². The van der Waals surface area contributed by atoms with E-state index in [1.807, 2.05) is 23.3 Å². The molecule has 1 amide bonds. The van der Waals surface area contributed by atoms with Crippen molar-refractivity contribution in [2.45, 2.75) is 19.4 Å². The fourth-order valence-electron chi connectivity index (χ4n) is 2.03. The highest BCUT2D eigenvalue weighted by Crippen LogP contribution is 2.19. The van der Waals surface area contributed by atoms with Crippen LogP contribution in [0.3, 0.4) is 0 Å². The van der Waals surface area contributed by atoms with Crippen LogP contribution in [0, 0.1) is 11.8 Å². The molecular formula is C14H17NO3S. The fourth-order valence-corrected chi connectivity index (χ4v) is 2.85. The Morgan fingerprint density at radius 1 is 1.68 bits per heavy atom. The second-order valence-corrected chi connectivity index (χ2v) is 5.33. The van der Waals surface area contributed by atoms with Gasteiger partial charge in [0.05, 0.1) is 6.10 Å². The molecule has 1 aliphatic rings. The Morgan fingerprint density at radius 3 is 3.32 bits per heavy atom. The molecule has 0 radical (unpaired) electrons. The van der Waals surface area contributed by atoms with E-state index in [2.05, 4.69) is 11.8 Å². The van der Waals surface area contributed by atoms with Crippen LogP contribution in [0.4, 0.5) is 0 Å². The highest BCUT2D eigenvalue weighted by molar-refractivity contribution is 7.12. The molecule has 5 heteroatoms. The minimum atomic E-state index is -0.196. The third-order valence-corrected chi connectivity index (χ3v) is 3.80. The summed E-state index contributed by atoms with van der Waals surface area (Å²) >= 11 is 1.39. The van der Waals surface area contributed by atoms with Gasteiger partial charge in [-0.3, -0.25) is 4.79 Å². The molecule has 0 aliphatic carbocycles. The normalized spacial score (nSPS) is 19.5. The maximum absolute atomic E-state index is 12.5. The smallest absolute Gasteiger partial charge is 0.265 e. The lowest BCUT2D eigenvalue weighted by Gasteiger charge is -2.21. The van der Waals surface area contributed by atoms with Gasteiger partial charge in [0.15, 0.2) is 0 Å². The number of aliphatic hydroxyl groups is 1. The van der Waals surface area contributed by atoms with Gasteiger partial charge in [-0.15, -0.1) is 11.3 Å². The van der Waals surface area contributed by atoms with E-state index in [4.69, 9.17) is 9.84 Å². The lowest BCUT2D eigenvalue weighted by Crippen LogP contribution is -2.35. The summed E-state index contributed by atoms with van der Waals surface area (Å²) in [4.78, 5) is 15.0. The molecule has 1 aromatic rings. The summed E-state index contributed by atoms with van der Waals surface area (Å²) in [5, 5.41) is 10.6. The summed E-state index contributed by atoms with van der Waals surface area (Å²) < 4.78 is 5.54. The molecule has 2 rings (SSSR count). The first kappa shape index (κ1) is 14.1. The van der Waals surface area contributed by atoms with Crippen molar-refractivity contribution >= 4 is 17.2 Å². The number of hydrogen-bond donors (Lipinski definition) is 1. The monoisotopic (exact) mass is 279 g/mol. The Labute approximate surface area is 117 Å². The Balaban J connectivity index is 2.16. The van der Waals surface area contributed by atoms with Gasteiger partial charge in [-0.05, 0) is 24.8 Å². The van der Waals surface area contributed by atoms with E-state index in [1.54, 1.807) is 0 Å². The quantitative estimate of drug-likeness (QED) is 0.789. The van der Waals surface area contributed by atoms with Crippen molar-refractivity contribution in [2.24, 2.45) is 0 Å². The van der Waals surface area contributed by atoms with Crippen LogP contribution in [-0.4, -0.2) is 48.3 Å². The number of carbonyl (C=O) groups is 1. The molecule has 1 aromatic heterocycles. The van der Waals surface area contributed by atoms with Crippen molar-refractivity contribution in [1.82, 2.24) is 4.90 Å². The second kappa shape index (κ2) is 6.71. The van der Waals surface area contributed by atoms with E-state index in [9.17, 15) is 4.79 Å². The van der Waals surface area contributed by atoms with E-state index >= 15 is 0 Å². The predicted octanol–water partition coefficient (Wildman–Crippen LogP) is 1.34. The lowest BCUT2D eigenvalue weighted by atomic mass is 10.2. The summed E-state index contributed by atoms with van der Waals surface area (Å²) in [6.07, 6.45) is 0.928. The first-order valence-corrected chi connectivity index (χ1v) is 7.18. The van der Waals surface area contributed by atoms with Crippen molar-refractivity contribution in [2.75, 3.05) is 26.3 Å². The first-order valence-electron chi connectivity index (χ1n) is 6.30. The SMILES string of the molecule is CC1CN(C(=O)c2sccc2C#CCO)CCCO1. The maximum atomic E-state index is 12.5. The standard InChI is InChI=1S/C14H17NO3S/c1-11-10-15(6-3-8-18-11)14(17)13-12(4-2-7-16)5-9-19-13/h5,9,11,16H,3,6-8,10H2,1H3. The van der Waals surface area contributed by atoms with Gasteiger partial charge >= 0.3 is 0 Å². The highest BCUT2D eigenvalue weighted by atomic mass is 32.1. The molecule has 1 atom stereocenters. The molecule has 0 aromatic carbocycles. The van der Waals surface area contributed by atoms with Crippen LogP contribution < -0.4 is 0 Å². The number of aliphatic hydroxyl groups excluding tert-OH is 1. The van der Waals surface area contributed by atoms with Crippen LogP contribution in [0.1, 0.15) is 28.6 Å². The Kier molecular flexibility index (Phi) is 4.97. The van der Waals surface area contributed by atoms with Crippen LogP contribution in [0.2, 0.25) is 0 Å². The van der Waals surface area contributed by atoms with Crippen molar-refractivity contribution in [3.05, 3.63) is 21.9 Å². The highest BCUT2D eigenvalue weighted by Gasteiger charge is 2.23. The van der Waals surface area contributed by atoms with Gasteiger partial charge in [0.2, 0.25) is 0 Å². The largest absolute Gasteiger partial charge is 0.384 e. The third-order valence-electron chi connectivity index (χ3n) is 2.90. The van der Waals surface area contributed by atoms with E-state index in [0.717, 1.165) is 6.42 Å². The van der Waals surface area contributed by atoms with Crippen LogP contribution in [0.25, 0.3) is 0 Å². The number of carbonyl (C=O) groups excluding carboxylic acids is 1. The van der Waals surface area contributed by atoms with Gasteiger partial charge in [0.1, 0.15) is 11.5 Å². The van der Waals surface area contributed by atoms with Crippen molar-refractivity contribution in [3.8, 4) is 11.8 Å². The summed E-state index contributed by atoms with van der Waals surface area (Å²) in [6, 6.07) is 1.82. The molecule has 19 heavy (non-hydrogen) atoms. The average Bonchev–Trinajstić information content (AvgIpc) is 2.76. The summed E-state index contributed by atoms with van der Waals surface area (Å²) in [5.74, 6) is 5.42. The Bertz CT molecular complexity index is 500. The molecule has 102 valence electrons. The molecule has 4 nitrogen and oxygen atoms in total. The minimum absolute atomic E-state index is 0.00888. The molecule has 1 saturated heterocycles. The number of thiophene rings is 1. The minimum Gasteiger partial charge on any atom is -0.384 e. The molecule has 2 heterocycles. The van der Waals surface area contributed by atoms with E-state index in [-0.39, 0.29) is 18.6 Å². The van der Waals surface area contributed by atoms with Gasteiger partial charge in [0.25, 0.3) is 5.91 Å². The Morgan fingerprint density at radius 2 is 2.53 bits per heavy atom. The molecular weight excluding hydrogens is 262 g/mol. The average molecular weight is 279 g/mol. The topological polar surface area (TPSA) is 49.8 Å². The van der Waals surface area contributed by atoms with E-state index in [0.29, 0.717) is 30.1 Å². The van der Waals surface area contributed by atoms with Gasteiger partial charge < -0.3 is 14.7 Å². The van der Waals surface area contributed by atoms with Gasteiger partial charge in [-0.25, -0.2) is 0 Å². The summed E-state index contributed by atoms with van der Waals surface area (Å²) in [6.45, 7) is 3.81. The number of rotatable bonds is 1. The summed E-state index contributed by atoms with van der Waals surface area (Å²) in [7, 11) is 0. The molecule has 0 bridgehead atoms. The van der Waals surface area contributed by atoms with Gasteiger partial charge in [0, 0.05) is 25.3 Å². The molecule has 1 fully saturated rings. The number of amides is 1. The summed E-state index contributed by atoms with van der Waals surface area (Å²) in [5.41, 5.74) is 0.696. The zero-order chi connectivity index (χ0) is 13.7. The number of hydrogen-bond acceptors (Lipinski definition) is 4. The van der Waals surface area contributed by atoms with Crippen LogP contribution >= 0.6 is 11.3 Å². The zero-order valence-electron chi connectivity index (χ0n) is 10.9. The number of nitrogens with zero attached hydrogens (tertiary/aromatic N) is 1. The molecule has 1 N–H and O–H groups in total. The molecule has 1 unspecified atom stereocenters. The van der Waals surface area contributed by atoms with E-state index < -0.39 is 0 Å². The third kappa shape index (κ3) is 3.57. The second-order valence-electron chi connectivity index (χ2n) is 4.41. The molecule has 0 spiro atoms. The number of ether oxygens (including phenoxy) is 1. The van der Waals surface area contributed by atoms with Crippen molar-refractivity contribution < 1.29 is 14.6 Å². The predicted molar refractivity (Wildman–Crippen MR) is 74.2 cm³/mol. The van der Waals surface area contributed by atoms with E-state index in [1.165, 1.54) is 11.3 Å². The van der Waals surface area contributed by atoms with Crippen LogP contribution in [0.5, 0.6) is 0 Å². The zero-order valence-corrected chi connectivity index (χ0v) is 11.7. The van der Waals surface area contributed by atoms with Gasteiger partial charge in [-0.1, -0.05) is 11.8 Å². The van der Waals surface area contributed by atoms with Crippen LogP contribution in [0.15, 0.2) is 11.4 Å². The fraction of sp³-hybridized carbons (Fsp3) is 0.500. The molecule has 0 saturated carbocycles. The maximum Gasteiger partial charge on any atom is 0.265 e. The lowest BCUT2D eigenvalue weighted by molar-refractivity contribution is 0.0565. The molecule has 1 aliphatic heterocycles.